The van der Waals surface area contributed by atoms with E-state index in [9.17, 15) is 5.11 Å². The van der Waals surface area contributed by atoms with Crippen molar-refractivity contribution in [3.05, 3.63) is 53.9 Å². The van der Waals surface area contributed by atoms with Gasteiger partial charge in [0, 0.05) is 32.0 Å². The van der Waals surface area contributed by atoms with E-state index in [1.54, 1.807) is 14.2 Å². The predicted molar refractivity (Wildman–Crippen MR) is 92.2 cm³/mol. The Morgan fingerprint density at radius 2 is 1.71 bits per heavy atom. The summed E-state index contributed by atoms with van der Waals surface area (Å²) in [5.41, 5.74) is 1.33. The lowest BCUT2D eigenvalue weighted by Gasteiger charge is -2.38. The van der Waals surface area contributed by atoms with Crippen LogP contribution in [0.4, 0.5) is 0 Å². The smallest absolute Gasteiger partial charge is 0.161 e. The molecule has 1 aliphatic heterocycles. The van der Waals surface area contributed by atoms with Gasteiger partial charge in [0.05, 0.1) is 19.8 Å². The van der Waals surface area contributed by atoms with Gasteiger partial charge >= 0.3 is 0 Å². The lowest BCUT2D eigenvalue weighted by molar-refractivity contribution is -0.0279. The number of methoxy groups -OCH3 is 2. The fourth-order valence-corrected chi connectivity index (χ4v) is 3.24. The third kappa shape index (κ3) is 3.52. The number of aliphatic hydroxyl groups is 1. The lowest BCUT2D eigenvalue weighted by atomic mass is 9.84. The molecule has 0 aliphatic carbocycles. The number of likely N-dealkylation sites (tertiary alicyclic amines) is 1. The van der Waals surface area contributed by atoms with Gasteiger partial charge in [-0.2, -0.15) is 0 Å². The van der Waals surface area contributed by atoms with Gasteiger partial charge in [0.2, 0.25) is 0 Å². The van der Waals surface area contributed by atoms with E-state index in [2.05, 4.69) is 9.88 Å². The number of benzene rings is 1. The molecule has 1 N–H and O–H groups in total. The zero-order valence-electron chi connectivity index (χ0n) is 14.2. The maximum absolute atomic E-state index is 11.1. The van der Waals surface area contributed by atoms with Crippen LogP contribution in [-0.2, 0) is 12.1 Å². The molecule has 1 aliphatic rings. The zero-order valence-corrected chi connectivity index (χ0v) is 14.2. The van der Waals surface area contributed by atoms with Gasteiger partial charge in [-0.1, -0.05) is 6.07 Å². The van der Waals surface area contributed by atoms with Crippen molar-refractivity contribution in [3.8, 4) is 11.5 Å². The van der Waals surface area contributed by atoms with E-state index >= 15 is 0 Å². The third-order valence-electron chi connectivity index (χ3n) is 4.76. The molecule has 128 valence electrons. The molecule has 3 rings (SSSR count). The number of pyridine rings is 1. The summed E-state index contributed by atoms with van der Waals surface area (Å²) in [6.45, 7) is 2.60. The Hall–Kier alpha value is -2.11. The molecule has 5 nitrogen and oxygen atoms in total. The minimum Gasteiger partial charge on any atom is -0.493 e. The maximum Gasteiger partial charge on any atom is 0.161 e. The van der Waals surface area contributed by atoms with Crippen LogP contribution in [0.3, 0.4) is 0 Å². The first-order chi connectivity index (χ1) is 11.6. The van der Waals surface area contributed by atoms with Crippen LogP contribution < -0.4 is 9.47 Å². The molecule has 0 radical (unpaired) electrons. The van der Waals surface area contributed by atoms with Gasteiger partial charge in [0.15, 0.2) is 11.5 Å². The van der Waals surface area contributed by atoms with Gasteiger partial charge in [-0.3, -0.25) is 9.88 Å². The molecule has 0 saturated carbocycles. The highest BCUT2D eigenvalue weighted by atomic mass is 16.5. The first-order valence-corrected chi connectivity index (χ1v) is 8.21. The zero-order chi connectivity index (χ0) is 17.0. The summed E-state index contributed by atoms with van der Waals surface area (Å²) in [5, 5.41) is 11.1. The van der Waals surface area contributed by atoms with Crippen molar-refractivity contribution in [1.29, 1.82) is 0 Å². The Morgan fingerprint density at radius 3 is 2.33 bits per heavy atom. The molecule has 0 unspecified atom stereocenters. The highest BCUT2D eigenvalue weighted by Gasteiger charge is 2.34. The van der Waals surface area contributed by atoms with Gasteiger partial charge in [0.1, 0.15) is 0 Å². The van der Waals surface area contributed by atoms with Crippen LogP contribution in [0, 0.1) is 0 Å². The average molecular weight is 328 g/mol. The summed E-state index contributed by atoms with van der Waals surface area (Å²) in [4.78, 5) is 6.42. The van der Waals surface area contributed by atoms with Crippen LogP contribution in [0.1, 0.15) is 24.0 Å². The van der Waals surface area contributed by atoms with Gasteiger partial charge in [-0.05, 0) is 48.2 Å². The Labute approximate surface area is 142 Å². The van der Waals surface area contributed by atoms with Crippen molar-refractivity contribution in [3.63, 3.8) is 0 Å². The summed E-state index contributed by atoms with van der Waals surface area (Å²) >= 11 is 0. The van der Waals surface area contributed by atoms with Crippen molar-refractivity contribution < 1.29 is 14.6 Å². The monoisotopic (exact) mass is 328 g/mol. The SMILES string of the molecule is COc1ccc(C2(O)CCN(Cc3ccncc3)CC2)cc1OC. The molecule has 1 aromatic heterocycles. The lowest BCUT2D eigenvalue weighted by Crippen LogP contribution is -2.42. The number of aromatic nitrogens is 1. The third-order valence-corrected chi connectivity index (χ3v) is 4.76. The molecule has 1 saturated heterocycles. The normalized spacial score (nSPS) is 17.5. The Balaban J connectivity index is 1.68. The molecular formula is C19H24N2O3. The number of piperidine rings is 1. The van der Waals surface area contributed by atoms with Crippen molar-refractivity contribution in [2.24, 2.45) is 0 Å². The number of hydrogen-bond donors (Lipinski definition) is 1. The molecule has 0 bridgehead atoms. The predicted octanol–water partition coefficient (Wildman–Crippen LogP) is 2.58. The first kappa shape index (κ1) is 16.7. The summed E-state index contributed by atoms with van der Waals surface area (Å²) in [6, 6.07) is 9.75. The fraction of sp³-hybridized carbons (Fsp3) is 0.421. The highest BCUT2D eigenvalue weighted by molar-refractivity contribution is 5.44. The average Bonchev–Trinajstić information content (AvgIpc) is 2.64. The molecule has 24 heavy (non-hydrogen) atoms. The van der Waals surface area contributed by atoms with E-state index in [0.717, 1.165) is 25.2 Å². The molecule has 1 aromatic carbocycles. The Bertz CT molecular complexity index is 668. The van der Waals surface area contributed by atoms with Crippen LogP contribution in [-0.4, -0.2) is 42.3 Å². The van der Waals surface area contributed by atoms with Gasteiger partial charge in [-0.25, -0.2) is 0 Å². The number of nitrogens with zero attached hydrogens (tertiary/aromatic N) is 2. The van der Waals surface area contributed by atoms with Crippen LogP contribution >= 0.6 is 0 Å². The molecule has 0 spiro atoms. The fourth-order valence-electron chi connectivity index (χ4n) is 3.24. The molecule has 5 heteroatoms. The van der Waals surface area contributed by atoms with Crippen LogP contribution in [0.2, 0.25) is 0 Å². The van der Waals surface area contributed by atoms with Gasteiger partial charge in [0.25, 0.3) is 0 Å². The van der Waals surface area contributed by atoms with E-state index in [4.69, 9.17) is 9.47 Å². The van der Waals surface area contributed by atoms with Crippen molar-refractivity contribution in [2.75, 3.05) is 27.3 Å². The van der Waals surface area contributed by atoms with Crippen LogP contribution in [0.15, 0.2) is 42.7 Å². The van der Waals surface area contributed by atoms with Gasteiger partial charge in [-0.15, -0.1) is 0 Å². The van der Waals surface area contributed by atoms with Gasteiger partial charge < -0.3 is 14.6 Å². The molecule has 2 aromatic rings. The minimum atomic E-state index is -0.811. The van der Waals surface area contributed by atoms with E-state index in [0.29, 0.717) is 24.3 Å². The Morgan fingerprint density at radius 1 is 1.04 bits per heavy atom. The van der Waals surface area contributed by atoms with E-state index < -0.39 is 5.60 Å². The maximum atomic E-state index is 11.1. The van der Waals surface area contributed by atoms with Crippen molar-refractivity contribution >= 4 is 0 Å². The highest BCUT2D eigenvalue weighted by Crippen LogP contribution is 2.37. The summed E-state index contributed by atoms with van der Waals surface area (Å²) in [6.07, 6.45) is 5.04. The molecule has 2 heterocycles. The first-order valence-electron chi connectivity index (χ1n) is 8.21. The molecule has 0 atom stereocenters. The van der Waals surface area contributed by atoms with Crippen LogP contribution in [0.25, 0.3) is 0 Å². The summed E-state index contributed by atoms with van der Waals surface area (Å²) in [7, 11) is 3.23. The van der Waals surface area contributed by atoms with E-state index in [1.807, 2.05) is 42.7 Å². The molecule has 1 fully saturated rings. The van der Waals surface area contributed by atoms with E-state index in [-0.39, 0.29) is 0 Å². The van der Waals surface area contributed by atoms with E-state index in [1.165, 1.54) is 5.56 Å². The molecule has 0 amide bonds. The second kappa shape index (κ2) is 7.20. The minimum absolute atomic E-state index is 0.655. The number of hydrogen-bond acceptors (Lipinski definition) is 5. The van der Waals surface area contributed by atoms with Crippen molar-refractivity contribution in [2.45, 2.75) is 25.0 Å². The summed E-state index contributed by atoms with van der Waals surface area (Å²) < 4.78 is 10.6. The topological polar surface area (TPSA) is 54.8 Å². The molecular weight excluding hydrogens is 304 g/mol. The number of rotatable bonds is 5. The summed E-state index contributed by atoms with van der Waals surface area (Å²) in [5.74, 6) is 1.34. The van der Waals surface area contributed by atoms with Crippen molar-refractivity contribution in [1.82, 2.24) is 9.88 Å². The number of ether oxygens (including phenoxy) is 2. The Kier molecular flexibility index (Phi) is 5.02. The second-order valence-corrected chi connectivity index (χ2v) is 6.23. The quantitative estimate of drug-likeness (QED) is 0.914. The largest absolute Gasteiger partial charge is 0.493 e. The standard InChI is InChI=1S/C19H24N2O3/c1-23-17-4-3-16(13-18(17)24-2)19(22)7-11-21(12-8-19)14-15-5-9-20-10-6-15/h3-6,9-10,13,22H,7-8,11-12,14H2,1-2H3. The second-order valence-electron chi connectivity index (χ2n) is 6.23. The van der Waals surface area contributed by atoms with Crippen LogP contribution in [0.5, 0.6) is 11.5 Å².